The van der Waals surface area contributed by atoms with Crippen molar-refractivity contribution in [2.75, 3.05) is 26.4 Å². The minimum absolute atomic E-state index is 0.0276. The first-order valence-corrected chi connectivity index (χ1v) is 6.75. The van der Waals surface area contributed by atoms with Crippen LogP contribution in [0.4, 0.5) is 5.69 Å². The van der Waals surface area contributed by atoms with E-state index in [1.54, 1.807) is 19.1 Å². The Labute approximate surface area is 118 Å². The van der Waals surface area contributed by atoms with Crippen LogP contribution in [0, 0.1) is 17.0 Å². The van der Waals surface area contributed by atoms with Crippen molar-refractivity contribution in [1.29, 1.82) is 0 Å². The molecule has 0 bridgehead atoms. The molecule has 1 aromatic rings. The molecule has 1 saturated heterocycles. The van der Waals surface area contributed by atoms with Gasteiger partial charge in [0.1, 0.15) is 0 Å². The van der Waals surface area contributed by atoms with Gasteiger partial charge in [0.15, 0.2) is 0 Å². The maximum atomic E-state index is 11.0. The number of nitrogens with one attached hydrogen (secondary N) is 1. The molecule has 2 unspecified atom stereocenters. The van der Waals surface area contributed by atoms with Crippen LogP contribution in [0.15, 0.2) is 18.2 Å². The molecule has 6 heteroatoms. The van der Waals surface area contributed by atoms with Crippen LogP contribution >= 0.6 is 0 Å². The summed E-state index contributed by atoms with van der Waals surface area (Å²) in [5, 5.41) is 14.3. The lowest BCUT2D eigenvalue weighted by molar-refractivity contribution is -0.385. The number of nitro groups is 1. The first-order chi connectivity index (χ1) is 9.58. The molecular formula is C14H20N2O4. The minimum Gasteiger partial charge on any atom is -0.376 e. The van der Waals surface area contributed by atoms with Gasteiger partial charge in [-0.1, -0.05) is 12.1 Å². The quantitative estimate of drug-likeness (QED) is 0.659. The summed E-state index contributed by atoms with van der Waals surface area (Å²) >= 11 is 0. The summed E-state index contributed by atoms with van der Waals surface area (Å²) in [4.78, 5) is 10.6. The molecule has 2 rings (SSSR count). The number of hydrogen-bond donors (Lipinski definition) is 1. The first kappa shape index (κ1) is 14.9. The second kappa shape index (κ2) is 6.78. The third kappa shape index (κ3) is 3.75. The molecule has 0 radical (unpaired) electrons. The summed E-state index contributed by atoms with van der Waals surface area (Å²) in [7, 11) is 0. The average molecular weight is 280 g/mol. The van der Waals surface area contributed by atoms with Gasteiger partial charge in [0.05, 0.1) is 30.8 Å². The molecule has 1 fully saturated rings. The molecule has 0 amide bonds. The summed E-state index contributed by atoms with van der Waals surface area (Å²) in [5.41, 5.74) is 1.74. The molecule has 0 spiro atoms. The van der Waals surface area contributed by atoms with Crippen molar-refractivity contribution in [3.8, 4) is 0 Å². The van der Waals surface area contributed by atoms with Crippen LogP contribution in [-0.4, -0.2) is 37.4 Å². The van der Waals surface area contributed by atoms with Gasteiger partial charge in [0.2, 0.25) is 0 Å². The highest BCUT2D eigenvalue weighted by Crippen LogP contribution is 2.23. The zero-order valence-corrected chi connectivity index (χ0v) is 11.8. The minimum atomic E-state index is -0.344. The molecule has 2 atom stereocenters. The van der Waals surface area contributed by atoms with Gasteiger partial charge in [-0.15, -0.1) is 0 Å². The predicted octanol–water partition coefficient (Wildman–Crippen LogP) is 1.97. The number of aryl methyl sites for hydroxylation is 1. The highest BCUT2D eigenvalue weighted by Gasteiger charge is 2.17. The van der Waals surface area contributed by atoms with Gasteiger partial charge < -0.3 is 14.8 Å². The fourth-order valence-corrected chi connectivity index (χ4v) is 2.17. The van der Waals surface area contributed by atoms with E-state index in [1.807, 2.05) is 13.0 Å². The van der Waals surface area contributed by atoms with Crippen LogP contribution in [0.5, 0.6) is 0 Å². The number of ether oxygens (including phenoxy) is 2. The Balaban J connectivity index is 1.96. The maximum absolute atomic E-state index is 11.0. The molecular weight excluding hydrogens is 260 g/mol. The van der Waals surface area contributed by atoms with Gasteiger partial charge in [-0.05, 0) is 19.4 Å². The van der Waals surface area contributed by atoms with E-state index in [9.17, 15) is 10.1 Å². The van der Waals surface area contributed by atoms with Crippen molar-refractivity contribution in [3.05, 3.63) is 39.4 Å². The van der Waals surface area contributed by atoms with E-state index in [4.69, 9.17) is 9.47 Å². The second-order valence-corrected chi connectivity index (χ2v) is 5.00. The smallest absolute Gasteiger partial charge is 0.272 e. The molecule has 1 aliphatic rings. The van der Waals surface area contributed by atoms with Crippen LogP contribution in [0.25, 0.3) is 0 Å². The van der Waals surface area contributed by atoms with E-state index in [1.165, 1.54) is 0 Å². The van der Waals surface area contributed by atoms with E-state index in [0.29, 0.717) is 31.9 Å². The van der Waals surface area contributed by atoms with E-state index >= 15 is 0 Å². The molecule has 0 aromatic heterocycles. The molecule has 6 nitrogen and oxygen atoms in total. The Morgan fingerprint density at radius 2 is 2.30 bits per heavy atom. The van der Waals surface area contributed by atoms with Crippen LogP contribution < -0.4 is 5.32 Å². The van der Waals surface area contributed by atoms with Crippen molar-refractivity contribution < 1.29 is 14.4 Å². The van der Waals surface area contributed by atoms with E-state index in [-0.39, 0.29) is 22.8 Å². The van der Waals surface area contributed by atoms with E-state index < -0.39 is 0 Å². The highest BCUT2D eigenvalue weighted by atomic mass is 16.6. The number of rotatable bonds is 5. The van der Waals surface area contributed by atoms with E-state index in [0.717, 1.165) is 5.56 Å². The van der Waals surface area contributed by atoms with Crippen molar-refractivity contribution in [2.45, 2.75) is 26.0 Å². The van der Waals surface area contributed by atoms with Gasteiger partial charge in [0, 0.05) is 24.2 Å². The normalized spacial score (nSPS) is 20.6. The maximum Gasteiger partial charge on any atom is 0.272 e. The Morgan fingerprint density at radius 1 is 1.50 bits per heavy atom. The number of nitro benzene ring substituents is 1. The lowest BCUT2D eigenvalue weighted by Crippen LogP contribution is -2.38. The Kier molecular flexibility index (Phi) is 5.05. The fraction of sp³-hybridized carbons (Fsp3) is 0.571. The molecule has 110 valence electrons. The van der Waals surface area contributed by atoms with Gasteiger partial charge >= 0.3 is 0 Å². The Hall–Kier alpha value is -1.50. The second-order valence-electron chi connectivity index (χ2n) is 5.00. The lowest BCUT2D eigenvalue weighted by Gasteiger charge is -2.25. The summed E-state index contributed by atoms with van der Waals surface area (Å²) in [6, 6.07) is 5.36. The number of nitrogens with zero attached hydrogens (tertiary/aromatic N) is 1. The highest BCUT2D eigenvalue weighted by molar-refractivity contribution is 5.43. The van der Waals surface area contributed by atoms with Gasteiger partial charge in [-0.3, -0.25) is 10.1 Å². The summed E-state index contributed by atoms with van der Waals surface area (Å²) in [5.74, 6) is 0. The third-order valence-electron chi connectivity index (χ3n) is 3.47. The van der Waals surface area contributed by atoms with Gasteiger partial charge in [-0.2, -0.15) is 0 Å². The van der Waals surface area contributed by atoms with Gasteiger partial charge in [-0.25, -0.2) is 0 Å². The van der Waals surface area contributed by atoms with Crippen LogP contribution in [0.2, 0.25) is 0 Å². The standard InChI is InChI=1S/C14H20N2O4/c1-10-3-4-12(7-14(10)16(17)18)11(2)15-8-13-9-19-5-6-20-13/h3-4,7,11,13,15H,5-6,8-9H2,1-2H3. The van der Waals surface area contributed by atoms with Crippen molar-refractivity contribution in [1.82, 2.24) is 5.32 Å². The largest absolute Gasteiger partial charge is 0.376 e. The predicted molar refractivity (Wildman–Crippen MR) is 74.8 cm³/mol. The average Bonchev–Trinajstić information content (AvgIpc) is 2.46. The monoisotopic (exact) mass is 280 g/mol. The summed E-state index contributed by atoms with van der Waals surface area (Å²) in [6.45, 7) is 6.26. The van der Waals surface area contributed by atoms with Crippen molar-refractivity contribution in [2.24, 2.45) is 0 Å². The number of benzene rings is 1. The van der Waals surface area contributed by atoms with E-state index in [2.05, 4.69) is 5.32 Å². The zero-order valence-electron chi connectivity index (χ0n) is 11.8. The molecule has 1 heterocycles. The molecule has 0 aliphatic carbocycles. The Morgan fingerprint density at radius 3 is 2.95 bits per heavy atom. The van der Waals surface area contributed by atoms with Crippen molar-refractivity contribution in [3.63, 3.8) is 0 Å². The third-order valence-corrected chi connectivity index (χ3v) is 3.47. The van der Waals surface area contributed by atoms with Crippen LogP contribution in [0.1, 0.15) is 24.1 Å². The topological polar surface area (TPSA) is 73.6 Å². The first-order valence-electron chi connectivity index (χ1n) is 6.75. The molecule has 1 aliphatic heterocycles. The Bertz CT molecular complexity index is 472. The molecule has 0 saturated carbocycles. The zero-order chi connectivity index (χ0) is 14.5. The van der Waals surface area contributed by atoms with Gasteiger partial charge in [0.25, 0.3) is 5.69 Å². The molecule has 1 N–H and O–H groups in total. The van der Waals surface area contributed by atoms with Crippen molar-refractivity contribution >= 4 is 5.69 Å². The molecule has 20 heavy (non-hydrogen) atoms. The SMILES string of the molecule is Cc1ccc(C(C)NCC2COCCO2)cc1[N+](=O)[O-]. The van der Waals surface area contributed by atoms with Crippen LogP contribution in [-0.2, 0) is 9.47 Å². The molecule has 1 aromatic carbocycles. The number of hydrogen-bond acceptors (Lipinski definition) is 5. The summed E-state index contributed by atoms with van der Waals surface area (Å²) in [6.07, 6.45) is 0.0478. The summed E-state index contributed by atoms with van der Waals surface area (Å²) < 4.78 is 10.9. The lowest BCUT2D eigenvalue weighted by atomic mass is 10.0. The fourth-order valence-electron chi connectivity index (χ4n) is 2.17. The van der Waals surface area contributed by atoms with Crippen LogP contribution in [0.3, 0.4) is 0 Å².